The number of fused-ring (bicyclic) bond motifs is 1. The minimum absolute atomic E-state index is 0.00886. The summed E-state index contributed by atoms with van der Waals surface area (Å²) in [6, 6.07) is 16.9. The number of aryl methyl sites for hydroxylation is 1. The van der Waals surface area contributed by atoms with Gasteiger partial charge in [-0.05, 0) is 31.2 Å². The Kier molecular flexibility index (Phi) is 6.61. The van der Waals surface area contributed by atoms with Gasteiger partial charge in [-0.25, -0.2) is 4.79 Å². The molecule has 9 nitrogen and oxygen atoms in total. The van der Waals surface area contributed by atoms with Crippen LogP contribution in [-0.4, -0.2) is 34.2 Å². The summed E-state index contributed by atoms with van der Waals surface area (Å²) >= 11 is 6.03. The van der Waals surface area contributed by atoms with Gasteiger partial charge in [0.05, 0.1) is 26.8 Å². The molecule has 0 saturated carbocycles. The standard InChI is InChI=1S/C25H18ClN3O6/c1-14-23(17-6-2-4-8-20(17)27-14)22(30)13-35-25(32)18-7-3-5-9-21(18)28-24(31)16-11-10-15(29(33)34)12-19(16)26/h2-12,27H,13H2,1H3,(H,28,31). The third kappa shape index (κ3) is 4.90. The molecule has 1 aromatic heterocycles. The zero-order chi connectivity index (χ0) is 25.1. The number of rotatable bonds is 7. The Bertz CT molecular complexity index is 1490. The Balaban J connectivity index is 1.49. The second-order valence-electron chi connectivity index (χ2n) is 7.59. The van der Waals surface area contributed by atoms with Crippen molar-refractivity contribution >= 4 is 51.5 Å². The lowest BCUT2D eigenvalue weighted by Crippen LogP contribution is -2.18. The molecule has 0 atom stereocenters. The first-order chi connectivity index (χ1) is 16.8. The van der Waals surface area contributed by atoms with Crippen LogP contribution in [-0.2, 0) is 4.74 Å². The van der Waals surface area contributed by atoms with E-state index in [-0.39, 0.29) is 33.3 Å². The van der Waals surface area contributed by atoms with Crippen molar-refractivity contribution in [3.63, 3.8) is 0 Å². The predicted octanol–water partition coefficient (Wildman–Crippen LogP) is 5.33. The number of ketones is 1. The van der Waals surface area contributed by atoms with E-state index in [2.05, 4.69) is 10.3 Å². The molecule has 0 radical (unpaired) electrons. The highest BCUT2D eigenvalue weighted by Crippen LogP contribution is 2.25. The molecule has 0 unspecified atom stereocenters. The molecule has 4 rings (SSSR count). The first-order valence-corrected chi connectivity index (χ1v) is 10.8. The summed E-state index contributed by atoms with van der Waals surface area (Å²) in [6.07, 6.45) is 0. The van der Waals surface area contributed by atoms with Crippen molar-refractivity contribution in [3.8, 4) is 0 Å². The summed E-state index contributed by atoms with van der Waals surface area (Å²) in [4.78, 5) is 51.7. The number of halogens is 1. The molecule has 0 spiro atoms. The summed E-state index contributed by atoms with van der Waals surface area (Å²) in [7, 11) is 0. The van der Waals surface area contributed by atoms with Gasteiger partial charge in [-0.3, -0.25) is 19.7 Å². The normalized spacial score (nSPS) is 10.7. The first kappa shape index (κ1) is 23.7. The molecule has 3 aromatic carbocycles. The lowest BCUT2D eigenvalue weighted by atomic mass is 10.1. The number of nitrogens with zero attached hydrogens (tertiary/aromatic N) is 1. The summed E-state index contributed by atoms with van der Waals surface area (Å²) in [5.74, 6) is -1.84. The maximum atomic E-state index is 12.8. The van der Waals surface area contributed by atoms with Gasteiger partial charge in [0.1, 0.15) is 0 Å². The zero-order valence-corrected chi connectivity index (χ0v) is 19.1. The molecule has 1 amide bonds. The number of benzene rings is 3. The van der Waals surface area contributed by atoms with Crippen LogP contribution in [0.3, 0.4) is 0 Å². The van der Waals surface area contributed by atoms with Crippen molar-refractivity contribution in [2.45, 2.75) is 6.92 Å². The first-order valence-electron chi connectivity index (χ1n) is 10.4. The van der Waals surface area contributed by atoms with Crippen LogP contribution in [0.15, 0.2) is 66.7 Å². The quantitative estimate of drug-likeness (QED) is 0.155. The maximum absolute atomic E-state index is 12.8. The molecular formula is C25H18ClN3O6. The van der Waals surface area contributed by atoms with Crippen molar-refractivity contribution in [1.82, 2.24) is 4.98 Å². The van der Waals surface area contributed by atoms with Crippen molar-refractivity contribution < 1.29 is 24.0 Å². The largest absolute Gasteiger partial charge is 0.454 e. The lowest BCUT2D eigenvalue weighted by molar-refractivity contribution is -0.384. The highest BCUT2D eigenvalue weighted by molar-refractivity contribution is 6.34. The van der Waals surface area contributed by atoms with Crippen LogP contribution in [0.5, 0.6) is 0 Å². The number of H-pyrrole nitrogens is 1. The van der Waals surface area contributed by atoms with Gasteiger partial charge in [-0.1, -0.05) is 41.9 Å². The van der Waals surface area contributed by atoms with E-state index in [4.69, 9.17) is 16.3 Å². The third-order valence-corrected chi connectivity index (χ3v) is 5.62. The predicted molar refractivity (Wildman–Crippen MR) is 130 cm³/mol. The molecule has 1 heterocycles. The van der Waals surface area contributed by atoms with Gasteiger partial charge in [-0.15, -0.1) is 0 Å². The van der Waals surface area contributed by atoms with Gasteiger partial charge in [0.2, 0.25) is 5.78 Å². The fraction of sp³-hybridized carbons (Fsp3) is 0.0800. The van der Waals surface area contributed by atoms with Gasteiger partial charge in [0.25, 0.3) is 11.6 Å². The molecule has 0 aliphatic rings. The van der Waals surface area contributed by atoms with E-state index in [1.807, 2.05) is 24.3 Å². The van der Waals surface area contributed by atoms with Crippen molar-refractivity contribution in [3.05, 3.63) is 104 Å². The fourth-order valence-corrected chi connectivity index (χ4v) is 3.94. The topological polar surface area (TPSA) is 131 Å². The highest BCUT2D eigenvalue weighted by atomic mass is 35.5. The second-order valence-corrected chi connectivity index (χ2v) is 8.00. The average Bonchev–Trinajstić information content (AvgIpc) is 3.18. The molecule has 0 aliphatic heterocycles. The van der Waals surface area contributed by atoms with Crippen molar-refractivity contribution in [1.29, 1.82) is 0 Å². The third-order valence-electron chi connectivity index (χ3n) is 5.31. The number of anilines is 1. The van der Waals surface area contributed by atoms with Crippen molar-refractivity contribution in [2.75, 3.05) is 11.9 Å². The number of aromatic amines is 1. The Hall–Kier alpha value is -4.50. The highest BCUT2D eigenvalue weighted by Gasteiger charge is 2.21. The Morgan fingerprint density at radius 2 is 1.74 bits per heavy atom. The molecule has 0 fully saturated rings. The molecule has 35 heavy (non-hydrogen) atoms. The molecule has 10 heteroatoms. The zero-order valence-electron chi connectivity index (χ0n) is 18.3. The van der Waals surface area contributed by atoms with Crippen LogP contribution in [0.4, 0.5) is 11.4 Å². The molecule has 0 aliphatic carbocycles. The number of hydrogen-bond donors (Lipinski definition) is 2. The Labute approximate surface area is 203 Å². The van der Waals surface area contributed by atoms with Gasteiger partial charge >= 0.3 is 5.97 Å². The van der Waals surface area contributed by atoms with E-state index < -0.39 is 23.4 Å². The van der Waals surface area contributed by atoms with Crippen LogP contribution in [0, 0.1) is 17.0 Å². The van der Waals surface area contributed by atoms with Gasteiger partial charge in [-0.2, -0.15) is 0 Å². The number of amides is 1. The lowest BCUT2D eigenvalue weighted by Gasteiger charge is -2.11. The number of ether oxygens (including phenoxy) is 1. The Morgan fingerprint density at radius 3 is 2.49 bits per heavy atom. The number of nitrogens with one attached hydrogen (secondary N) is 2. The van der Waals surface area contributed by atoms with Crippen LogP contribution in [0.2, 0.25) is 5.02 Å². The van der Waals surface area contributed by atoms with Crippen LogP contribution >= 0.6 is 11.6 Å². The fourth-order valence-electron chi connectivity index (χ4n) is 3.68. The van der Waals surface area contributed by atoms with E-state index in [1.54, 1.807) is 19.1 Å². The smallest absolute Gasteiger partial charge is 0.340 e. The van der Waals surface area contributed by atoms with Gasteiger partial charge < -0.3 is 15.0 Å². The van der Waals surface area contributed by atoms with Gasteiger partial charge in [0, 0.05) is 34.3 Å². The number of esters is 1. The second kappa shape index (κ2) is 9.78. The van der Waals surface area contributed by atoms with Crippen LogP contribution < -0.4 is 5.32 Å². The number of para-hydroxylation sites is 2. The summed E-state index contributed by atoms with van der Waals surface area (Å²) in [6.45, 7) is 1.28. The number of nitro benzene ring substituents is 1. The minimum atomic E-state index is -0.804. The van der Waals surface area contributed by atoms with E-state index in [0.717, 1.165) is 23.0 Å². The van der Waals surface area contributed by atoms with E-state index in [1.165, 1.54) is 18.2 Å². The number of aromatic nitrogens is 1. The molecule has 176 valence electrons. The molecule has 0 bridgehead atoms. The number of carbonyl (C=O) groups is 3. The number of Topliss-reactive ketones (excluding diaryl/α,β-unsaturated/α-hetero) is 1. The SMILES string of the molecule is Cc1[nH]c2ccccc2c1C(=O)COC(=O)c1ccccc1NC(=O)c1ccc([N+](=O)[O-])cc1Cl. The number of nitro groups is 1. The van der Waals surface area contributed by atoms with E-state index in [0.29, 0.717) is 11.3 Å². The number of hydrogen-bond acceptors (Lipinski definition) is 6. The molecule has 4 aromatic rings. The Morgan fingerprint density at radius 1 is 1.03 bits per heavy atom. The van der Waals surface area contributed by atoms with Crippen LogP contribution in [0.1, 0.15) is 36.8 Å². The van der Waals surface area contributed by atoms with Gasteiger partial charge in [0.15, 0.2) is 6.61 Å². The molecular weight excluding hydrogens is 474 g/mol. The number of non-ortho nitro benzene ring substituents is 1. The van der Waals surface area contributed by atoms with Crippen molar-refractivity contribution in [2.24, 2.45) is 0 Å². The van der Waals surface area contributed by atoms with E-state index >= 15 is 0 Å². The monoisotopic (exact) mass is 491 g/mol. The molecule has 2 N–H and O–H groups in total. The van der Waals surface area contributed by atoms with Crippen LogP contribution in [0.25, 0.3) is 10.9 Å². The van der Waals surface area contributed by atoms with E-state index in [9.17, 15) is 24.5 Å². The maximum Gasteiger partial charge on any atom is 0.340 e. The molecule has 0 saturated heterocycles. The minimum Gasteiger partial charge on any atom is -0.454 e. The number of carbonyl (C=O) groups excluding carboxylic acids is 3. The average molecular weight is 492 g/mol. The summed E-state index contributed by atoms with van der Waals surface area (Å²) in [5, 5.41) is 14.1. The summed E-state index contributed by atoms with van der Waals surface area (Å²) < 4.78 is 5.26. The summed E-state index contributed by atoms with van der Waals surface area (Å²) in [5.41, 5.74) is 1.81.